The quantitative estimate of drug-likeness (QED) is 0.0390. The van der Waals surface area contributed by atoms with E-state index in [1.807, 2.05) is 12.1 Å². The molecule has 2 rings (SSSR count). The van der Waals surface area contributed by atoms with Gasteiger partial charge in [-0.2, -0.15) is 0 Å². The van der Waals surface area contributed by atoms with Gasteiger partial charge in [0, 0.05) is 12.8 Å². The Morgan fingerprint density at radius 1 is 0.474 bits per heavy atom. The standard InChI is InChI=1S/C51H86O5Si/c1-6-8-10-12-14-16-18-20-22-24-26-28-36-42-49(52)54-44-46(56-50(53)43-37-29-27-25-23-21-19-17-15-13-11-9-7-2)45-55-57(51(3,4)5,47-38-32-30-33-39-47)48-40-34-31-35-41-48/h30-35,38-41,46H,6-29,36-37,42-45H2,1-5H3. The van der Waals surface area contributed by atoms with Crippen LogP contribution in [0.2, 0.25) is 5.04 Å². The van der Waals surface area contributed by atoms with Crippen LogP contribution in [0.4, 0.5) is 0 Å². The maximum atomic E-state index is 13.3. The molecular formula is C51H86O5Si. The van der Waals surface area contributed by atoms with E-state index in [0.29, 0.717) is 12.8 Å². The third-order valence-corrected chi connectivity index (χ3v) is 16.6. The lowest BCUT2D eigenvalue weighted by molar-refractivity contribution is -0.161. The third kappa shape index (κ3) is 22.5. The fourth-order valence-electron chi connectivity index (χ4n) is 8.17. The summed E-state index contributed by atoms with van der Waals surface area (Å²) in [5.41, 5.74) is 0. The molecule has 0 fully saturated rings. The summed E-state index contributed by atoms with van der Waals surface area (Å²) in [6.45, 7) is 11.4. The molecule has 0 saturated carbocycles. The first-order valence-corrected chi connectivity index (χ1v) is 25.8. The Labute approximate surface area is 352 Å². The van der Waals surface area contributed by atoms with E-state index in [-0.39, 0.29) is 30.2 Å². The predicted octanol–water partition coefficient (Wildman–Crippen LogP) is 14.0. The van der Waals surface area contributed by atoms with E-state index in [2.05, 4.69) is 83.1 Å². The van der Waals surface area contributed by atoms with E-state index in [0.717, 1.165) is 38.5 Å². The van der Waals surface area contributed by atoms with Gasteiger partial charge < -0.3 is 13.9 Å². The zero-order valence-electron chi connectivity index (χ0n) is 37.6. The smallest absolute Gasteiger partial charge is 0.306 e. The molecule has 2 aromatic carbocycles. The normalized spacial score (nSPS) is 12.4. The van der Waals surface area contributed by atoms with Gasteiger partial charge in [0.2, 0.25) is 0 Å². The second-order valence-electron chi connectivity index (χ2n) is 17.8. The Kier molecular flexibility index (Phi) is 28.8. The lowest BCUT2D eigenvalue weighted by Gasteiger charge is -2.43. The van der Waals surface area contributed by atoms with Gasteiger partial charge in [-0.15, -0.1) is 0 Å². The van der Waals surface area contributed by atoms with Gasteiger partial charge in [0.05, 0.1) is 6.61 Å². The van der Waals surface area contributed by atoms with Crippen molar-refractivity contribution in [1.29, 1.82) is 0 Å². The highest BCUT2D eigenvalue weighted by Crippen LogP contribution is 2.37. The average Bonchev–Trinajstić information content (AvgIpc) is 3.20. The van der Waals surface area contributed by atoms with Gasteiger partial charge in [-0.25, -0.2) is 0 Å². The molecule has 0 bridgehead atoms. The van der Waals surface area contributed by atoms with Crippen LogP contribution in [0, 0.1) is 0 Å². The zero-order chi connectivity index (χ0) is 41.3. The number of hydrogen-bond donors (Lipinski definition) is 0. The molecule has 0 radical (unpaired) electrons. The predicted molar refractivity (Wildman–Crippen MR) is 245 cm³/mol. The maximum Gasteiger partial charge on any atom is 0.306 e. The molecule has 0 heterocycles. The number of benzene rings is 2. The summed E-state index contributed by atoms with van der Waals surface area (Å²) in [7, 11) is -2.86. The van der Waals surface area contributed by atoms with Crippen LogP contribution in [0.25, 0.3) is 0 Å². The fraction of sp³-hybridized carbons (Fsp3) is 0.725. The topological polar surface area (TPSA) is 61.8 Å². The van der Waals surface area contributed by atoms with Crippen molar-refractivity contribution >= 4 is 30.6 Å². The highest BCUT2D eigenvalue weighted by atomic mass is 28.4. The Morgan fingerprint density at radius 2 is 0.807 bits per heavy atom. The van der Waals surface area contributed by atoms with E-state index in [9.17, 15) is 9.59 Å². The van der Waals surface area contributed by atoms with Crippen LogP contribution in [-0.4, -0.2) is 39.6 Å². The molecule has 0 saturated heterocycles. The Bertz CT molecular complexity index is 1200. The van der Waals surface area contributed by atoms with Crippen LogP contribution in [-0.2, 0) is 23.5 Å². The minimum atomic E-state index is -2.86. The zero-order valence-corrected chi connectivity index (χ0v) is 38.6. The minimum Gasteiger partial charge on any atom is -0.462 e. The van der Waals surface area contributed by atoms with Gasteiger partial charge >= 0.3 is 11.9 Å². The first-order chi connectivity index (χ1) is 27.7. The molecule has 2 aromatic rings. The number of carbonyl (C=O) groups excluding carboxylic acids is 2. The molecule has 0 aliphatic rings. The summed E-state index contributed by atoms with van der Waals surface area (Å²) in [5.74, 6) is -0.456. The van der Waals surface area contributed by atoms with Crippen molar-refractivity contribution in [2.45, 2.75) is 226 Å². The van der Waals surface area contributed by atoms with Crippen LogP contribution in [0.5, 0.6) is 0 Å². The number of rotatable bonds is 36. The number of ether oxygens (including phenoxy) is 2. The van der Waals surface area contributed by atoms with E-state index in [1.165, 1.54) is 139 Å². The summed E-state index contributed by atoms with van der Waals surface area (Å²) in [6, 6.07) is 21.0. The SMILES string of the molecule is CCCCCCCCCCCCCCCC(=O)OCC(CO[Si](c1ccccc1)(c1ccccc1)C(C)(C)C)OC(=O)CCCCCCCCCCCCCCC. The van der Waals surface area contributed by atoms with Crippen LogP contribution in [0.1, 0.15) is 214 Å². The van der Waals surface area contributed by atoms with Crippen molar-refractivity contribution in [1.82, 2.24) is 0 Å². The average molecular weight is 807 g/mol. The summed E-state index contributed by atoms with van der Waals surface area (Å²) >= 11 is 0. The lowest BCUT2D eigenvalue weighted by Crippen LogP contribution is -2.67. The molecule has 1 unspecified atom stereocenters. The Morgan fingerprint density at radius 3 is 1.16 bits per heavy atom. The van der Waals surface area contributed by atoms with Crippen molar-refractivity contribution in [3.8, 4) is 0 Å². The van der Waals surface area contributed by atoms with Crippen LogP contribution >= 0.6 is 0 Å². The molecular weight excluding hydrogens is 721 g/mol. The number of esters is 2. The maximum absolute atomic E-state index is 13.3. The highest BCUT2D eigenvalue weighted by molar-refractivity contribution is 6.99. The largest absolute Gasteiger partial charge is 0.462 e. The lowest BCUT2D eigenvalue weighted by atomic mass is 10.0. The molecule has 0 aromatic heterocycles. The monoisotopic (exact) mass is 807 g/mol. The van der Waals surface area contributed by atoms with E-state index in [4.69, 9.17) is 13.9 Å². The molecule has 1 atom stereocenters. The molecule has 0 spiro atoms. The molecule has 324 valence electrons. The highest BCUT2D eigenvalue weighted by Gasteiger charge is 2.50. The van der Waals surface area contributed by atoms with Crippen molar-refractivity contribution in [2.24, 2.45) is 0 Å². The van der Waals surface area contributed by atoms with Gasteiger partial charge in [-0.05, 0) is 28.3 Å². The second-order valence-corrected chi connectivity index (χ2v) is 22.1. The molecule has 0 aliphatic heterocycles. The van der Waals surface area contributed by atoms with E-state index < -0.39 is 14.4 Å². The first kappa shape index (κ1) is 50.7. The summed E-state index contributed by atoms with van der Waals surface area (Å²) in [5, 5.41) is 2.12. The second kappa shape index (κ2) is 32.4. The molecule has 6 heteroatoms. The Balaban J connectivity index is 1.89. The molecule has 57 heavy (non-hydrogen) atoms. The number of carbonyl (C=O) groups is 2. The van der Waals surface area contributed by atoms with Gasteiger partial charge in [0.15, 0.2) is 6.10 Å². The van der Waals surface area contributed by atoms with E-state index >= 15 is 0 Å². The molecule has 0 aliphatic carbocycles. The van der Waals surface area contributed by atoms with E-state index in [1.54, 1.807) is 0 Å². The summed E-state index contributed by atoms with van der Waals surface area (Å²) in [4.78, 5) is 26.2. The van der Waals surface area contributed by atoms with Gasteiger partial charge in [-0.3, -0.25) is 9.59 Å². The van der Waals surface area contributed by atoms with Crippen LogP contribution in [0.3, 0.4) is 0 Å². The molecule has 0 N–H and O–H groups in total. The van der Waals surface area contributed by atoms with Crippen molar-refractivity contribution in [3.05, 3.63) is 60.7 Å². The summed E-state index contributed by atoms with van der Waals surface area (Å²) in [6.07, 6.45) is 32.9. The number of hydrogen-bond acceptors (Lipinski definition) is 5. The van der Waals surface area contributed by atoms with Gasteiger partial charge in [0.25, 0.3) is 8.32 Å². The minimum absolute atomic E-state index is 0.0137. The van der Waals surface area contributed by atoms with Gasteiger partial charge in [0.1, 0.15) is 6.61 Å². The summed E-state index contributed by atoms with van der Waals surface area (Å²) < 4.78 is 19.0. The van der Waals surface area contributed by atoms with Crippen molar-refractivity contribution < 1.29 is 23.5 Å². The molecule has 5 nitrogen and oxygen atoms in total. The third-order valence-electron chi connectivity index (χ3n) is 11.6. The van der Waals surface area contributed by atoms with Crippen LogP contribution in [0.15, 0.2) is 60.7 Å². The number of unbranched alkanes of at least 4 members (excludes halogenated alkanes) is 24. The van der Waals surface area contributed by atoms with Crippen LogP contribution < -0.4 is 10.4 Å². The van der Waals surface area contributed by atoms with Crippen molar-refractivity contribution in [2.75, 3.05) is 13.2 Å². The van der Waals surface area contributed by atoms with Gasteiger partial charge in [-0.1, -0.05) is 249 Å². The Hall–Kier alpha value is -2.44. The first-order valence-electron chi connectivity index (χ1n) is 23.8. The molecule has 0 amide bonds. The van der Waals surface area contributed by atoms with Crippen molar-refractivity contribution in [3.63, 3.8) is 0 Å². The fourth-order valence-corrected chi connectivity index (χ4v) is 12.8.